The van der Waals surface area contributed by atoms with E-state index in [-0.39, 0.29) is 12.5 Å². The van der Waals surface area contributed by atoms with Gasteiger partial charge in [-0.2, -0.15) is 12.7 Å². The second-order valence-electron chi connectivity index (χ2n) is 5.23. The fourth-order valence-corrected chi connectivity index (χ4v) is 3.11. The van der Waals surface area contributed by atoms with Gasteiger partial charge in [-0.25, -0.2) is 5.14 Å². The molecule has 0 radical (unpaired) electrons. The van der Waals surface area contributed by atoms with Crippen LogP contribution >= 0.6 is 0 Å². The molecule has 1 aliphatic rings. The minimum absolute atomic E-state index is 0.149. The standard InChI is InChI=1S/C15H21N3O4S/c1-22-14-5-2-4-13(12-14)6-7-15(19)17-8-3-9-18(11-10-17)23(16,20)21/h2,4-7,12H,3,8-11H2,1H3,(H2,16,20,21)/b7-6-. The number of ether oxygens (including phenoxy) is 1. The molecule has 0 spiro atoms. The van der Waals surface area contributed by atoms with Crippen LogP contribution in [0.15, 0.2) is 30.3 Å². The first-order valence-corrected chi connectivity index (χ1v) is 8.79. The third kappa shape index (κ3) is 5.05. The summed E-state index contributed by atoms with van der Waals surface area (Å²) < 4.78 is 29.1. The van der Waals surface area contributed by atoms with Gasteiger partial charge in [-0.3, -0.25) is 4.79 Å². The van der Waals surface area contributed by atoms with Crippen LogP contribution in [0.25, 0.3) is 6.08 Å². The van der Waals surface area contributed by atoms with Gasteiger partial charge in [0.1, 0.15) is 5.75 Å². The first kappa shape index (κ1) is 17.5. The third-order valence-corrected chi connectivity index (χ3v) is 4.72. The van der Waals surface area contributed by atoms with Gasteiger partial charge >= 0.3 is 0 Å². The molecule has 126 valence electrons. The Balaban J connectivity index is 1.99. The van der Waals surface area contributed by atoms with Gasteiger partial charge in [0.15, 0.2) is 0 Å². The molecule has 0 saturated carbocycles. The summed E-state index contributed by atoms with van der Waals surface area (Å²) in [5.41, 5.74) is 0.860. The van der Waals surface area contributed by atoms with Crippen LogP contribution in [-0.2, 0) is 15.0 Å². The van der Waals surface area contributed by atoms with Crippen molar-refractivity contribution in [2.75, 3.05) is 33.3 Å². The van der Waals surface area contributed by atoms with Gasteiger partial charge in [0.25, 0.3) is 10.2 Å². The number of carbonyl (C=O) groups is 1. The van der Waals surface area contributed by atoms with Crippen molar-refractivity contribution in [2.24, 2.45) is 5.14 Å². The van der Waals surface area contributed by atoms with E-state index in [0.717, 1.165) is 11.3 Å². The maximum atomic E-state index is 12.2. The molecule has 2 rings (SSSR count). The zero-order valence-electron chi connectivity index (χ0n) is 13.0. The SMILES string of the molecule is COc1cccc(/C=C\C(=O)N2CCCN(S(N)(=O)=O)CC2)c1. The summed E-state index contributed by atoms with van der Waals surface area (Å²) >= 11 is 0. The zero-order chi connectivity index (χ0) is 16.9. The summed E-state index contributed by atoms with van der Waals surface area (Å²) in [7, 11) is -2.11. The monoisotopic (exact) mass is 339 g/mol. The van der Waals surface area contributed by atoms with Gasteiger partial charge in [-0.15, -0.1) is 0 Å². The highest BCUT2D eigenvalue weighted by molar-refractivity contribution is 7.86. The van der Waals surface area contributed by atoms with Crippen LogP contribution in [0, 0.1) is 0 Å². The molecular weight excluding hydrogens is 318 g/mol. The number of rotatable bonds is 4. The van der Waals surface area contributed by atoms with Gasteiger partial charge in [-0.1, -0.05) is 12.1 Å². The molecular formula is C15H21N3O4S. The summed E-state index contributed by atoms with van der Waals surface area (Å²) in [5, 5.41) is 5.13. The number of carbonyl (C=O) groups excluding carboxylic acids is 1. The smallest absolute Gasteiger partial charge is 0.276 e. The number of amides is 1. The maximum absolute atomic E-state index is 12.2. The minimum Gasteiger partial charge on any atom is -0.497 e. The largest absolute Gasteiger partial charge is 0.497 e. The van der Waals surface area contributed by atoms with Crippen LogP contribution in [0.3, 0.4) is 0 Å². The normalized spacial score (nSPS) is 17.2. The van der Waals surface area contributed by atoms with Crippen LogP contribution in [0.1, 0.15) is 12.0 Å². The Kier molecular flexibility index (Phi) is 5.75. The summed E-state index contributed by atoms with van der Waals surface area (Å²) in [6.07, 6.45) is 3.77. The van der Waals surface area contributed by atoms with Crippen molar-refractivity contribution in [3.8, 4) is 5.75 Å². The summed E-state index contributed by atoms with van der Waals surface area (Å²) in [5.74, 6) is 0.572. The number of hydrogen-bond acceptors (Lipinski definition) is 4. The van der Waals surface area contributed by atoms with E-state index < -0.39 is 10.2 Å². The van der Waals surface area contributed by atoms with Crippen molar-refractivity contribution in [1.82, 2.24) is 9.21 Å². The first-order valence-electron chi connectivity index (χ1n) is 7.29. The third-order valence-electron chi connectivity index (χ3n) is 3.64. The van der Waals surface area contributed by atoms with E-state index in [1.165, 1.54) is 10.4 Å². The van der Waals surface area contributed by atoms with Crippen molar-refractivity contribution in [1.29, 1.82) is 0 Å². The van der Waals surface area contributed by atoms with Crippen molar-refractivity contribution in [3.63, 3.8) is 0 Å². The number of hydrogen-bond donors (Lipinski definition) is 1. The lowest BCUT2D eigenvalue weighted by Gasteiger charge is -2.19. The maximum Gasteiger partial charge on any atom is 0.276 e. The Morgan fingerprint density at radius 3 is 2.74 bits per heavy atom. The lowest BCUT2D eigenvalue weighted by molar-refractivity contribution is -0.125. The second kappa shape index (κ2) is 7.58. The van der Waals surface area contributed by atoms with Gasteiger partial charge in [0.05, 0.1) is 7.11 Å². The van der Waals surface area contributed by atoms with E-state index in [1.807, 2.05) is 24.3 Å². The van der Waals surface area contributed by atoms with Gasteiger partial charge < -0.3 is 9.64 Å². The predicted molar refractivity (Wildman–Crippen MR) is 87.9 cm³/mol. The average Bonchev–Trinajstić information content (AvgIpc) is 2.78. The second-order valence-corrected chi connectivity index (χ2v) is 6.78. The number of nitrogens with two attached hydrogens (primary N) is 1. The fourth-order valence-electron chi connectivity index (χ4n) is 2.39. The first-order chi connectivity index (χ1) is 10.9. The molecule has 8 heteroatoms. The molecule has 0 aliphatic carbocycles. The van der Waals surface area contributed by atoms with E-state index in [1.54, 1.807) is 18.1 Å². The van der Waals surface area contributed by atoms with Gasteiger partial charge in [-0.05, 0) is 30.2 Å². The summed E-state index contributed by atoms with van der Waals surface area (Å²) in [6, 6.07) is 7.38. The highest BCUT2D eigenvalue weighted by atomic mass is 32.2. The van der Waals surface area contributed by atoms with Crippen molar-refractivity contribution >= 4 is 22.2 Å². The molecule has 1 aliphatic heterocycles. The molecule has 0 bridgehead atoms. The topological polar surface area (TPSA) is 92.9 Å². The Morgan fingerprint density at radius 2 is 2.04 bits per heavy atom. The van der Waals surface area contributed by atoms with E-state index in [9.17, 15) is 13.2 Å². The Hall–Kier alpha value is -1.90. The van der Waals surface area contributed by atoms with Crippen molar-refractivity contribution in [2.45, 2.75) is 6.42 Å². The highest BCUT2D eigenvalue weighted by Crippen LogP contribution is 2.14. The van der Waals surface area contributed by atoms with Crippen LogP contribution in [0.2, 0.25) is 0 Å². The average molecular weight is 339 g/mol. The molecule has 1 fully saturated rings. The molecule has 1 saturated heterocycles. The molecule has 23 heavy (non-hydrogen) atoms. The Bertz CT molecular complexity index is 688. The molecule has 1 heterocycles. The number of methoxy groups -OCH3 is 1. The molecule has 2 N–H and O–H groups in total. The fraction of sp³-hybridized carbons (Fsp3) is 0.400. The molecule has 1 aromatic rings. The van der Waals surface area contributed by atoms with Gasteiger partial charge in [0, 0.05) is 32.3 Å². The summed E-state index contributed by atoms with van der Waals surface area (Å²) in [4.78, 5) is 13.9. The molecule has 0 atom stereocenters. The van der Waals surface area contributed by atoms with E-state index >= 15 is 0 Å². The molecule has 0 aromatic heterocycles. The minimum atomic E-state index is -3.70. The quantitative estimate of drug-likeness (QED) is 0.806. The van der Waals surface area contributed by atoms with E-state index in [2.05, 4.69) is 0 Å². The molecule has 1 aromatic carbocycles. The van der Waals surface area contributed by atoms with Crippen LogP contribution in [0.4, 0.5) is 0 Å². The Morgan fingerprint density at radius 1 is 1.26 bits per heavy atom. The molecule has 7 nitrogen and oxygen atoms in total. The lowest BCUT2D eigenvalue weighted by Crippen LogP contribution is -2.40. The van der Waals surface area contributed by atoms with Crippen LogP contribution in [-0.4, -0.2) is 56.8 Å². The van der Waals surface area contributed by atoms with Crippen LogP contribution in [0.5, 0.6) is 5.75 Å². The lowest BCUT2D eigenvalue weighted by atomic mass is 10.2. The van der Waals surface area contributed by atoms with E-state index in [4.69, 9.17) is 9.88 Å². The molecule has 1 amide bonds. The Labute approximate surface area is 136 Å². The van der Waals surface area contributed by atoms with Gasteiger partial charge in [0.2, 0.25) is 5.91 Å². The van der Waals surface area contributed by atoms with E-state index in [0.29, 0.717) is 26.1 Å². The summed E-state index contributed by atoms with van der Waals surface area (Å²) in [6.45, 7) is 1.39. The number of benzene rings is 1. The van der Waals surface area contributed by atoms with Crippen LogP contribution < -0.4 is 9.88 Å². The predicted octanol–water partition coefficient (Wildman–Crippen LogP) is 0.446. The highest BCUT2D eigenvalue weighted by Gasteiger charge is 2.23. The van der Waals surface area contributed by atoms with Crippen molar-refractivity contribution in [3.05, 3.63) is 35.9 Å². The van der Waals surface area contributed by atoms with Crippen molar-refractivity contribution < 1.29 is 17.9 Å². The number of nitrogens with zero attached hydrogens (tertiary/aromatic N) is 2. The zero-order valence-corrected chi connectivity index (χ0v) is 13.8. The molecule has 0 unspecified atom stereocenters.